The SMILES string of the molecule is CC(C)(C)Oc1ccc([S+](c2ccc(OC(C)(C)C)cc2)c2ccc(OC(C)(C)C)cc2)cc1.CC(C)(C)Oc1cccc([S+](c2ccccc2)c2ccccc2)c1. The predicted octanol–water partition coefficient (Wildman–Crippen LogP) is 14.3. The third kappa shape index (κ3) is 14.2. The van der Waals surface area contributed by atoms with E-state index in [1.54, 1.807) is 0 Å². The van der Waals surface area contributed by atoms with E-state index in [2.05, 4.69) is 235 Å². The summed E-state index contributed by atoms with van der Waals surface area (Å²) in [5, 5.41) is 0. The van der Waals surface area contributed by atoms with Gasteiger partial charge in [0, 0.05) is 6.07 Å². The van der Waals surface area contributed by atoms with Crippen LogP contribution in [0.1, 0.15) is 83.1 Å². The van der Waals surface area contributed by atoms with E-state index >= 15 is 0 Å². The van der Waals surface area contributed by atoms with Crippen LogP contribution < -0.4 is 18.9 Å². The van der Waals surface area contributed by atoms with Gasteiger partial charge in [-0.1, -0.05) is 42.5 Å². The summed E-state index contributed by atoms with van der Waals surface area (Å²) in [6, 6.07) is 55.2. The van der Waals surface area contributed by atoms with Crippen LogP contribution in [0.4, 0.5) is 0 Å². The second kappa shape index (κ2) is 18.9. The molecule has 6 rings (SSSR count). The first kappa shape index (κ1) is 44.3. The minimum Gasteiger partial charge on any atom is -0.488 e. The summed E-state index contributed by atoms with van der Waals surface area (Å²) in [6.07, 6.45) is 0. The number of hydrogen-bond donors (Lipinski definition) is 0. The molecule has 0 spiro atoms. The van der Waals surface area contributed by atoms with Crippen LogP contribution in [0, 0.1) is 0 Å². The Morgan fingerprint density at radius 3 is 0.828 bits per heavy atom. The van der Waals surface area contributed by atoms with Crippen molar-refractivity contribution in [2.45, 2.75) is 135 Å². The van der Waals surface area contributed by atoms with Crippen molar-refractivity contribution in [2.75, 3.05) is 0 Å². The van der Waals surface area contributed by atoms with Crippen molar-refractivity contribution in [1.82, 2.24) is 0 Å². The standard InChI is InChI=1S/C30H39O3S.C22H23OS/c1-28(2,3)31-22-10-16-25(17-11-22)34(26-18-12-23(13-19-26)32-29(4,5)6)27-20-14-24(15-21-27)33-30(7,8)9;1-22(2,3)23-18-11-10-16-21(17-18)24(19-12-6-4-7-13-19)20-14-8-5-9-15-20/h10-21H,1-9H3;4-17H,1-3H3/q2*+1. The van der Waals surface area contributed by atoms with Gasteiger partial charge in [0.15, 0.2) is 29.4 Å². The lowest BCUT2D eigenvalue weighted by atomic mass is 10.2. The molecule has 0 radical (unpaired) electrons. The number of rotatable bonds is 10. The van der Waals surface area contributed by atoms with E-state index in [1.807, 2.05) is 6.07 Å². The van der Waals surface area contributed by atoms with Crippen LogP contribution in [0.25, 0.3) is 0 Å². The lowest BCUT2D eigenvalue weighted by Gasteiger charge is -2.22. The van der Waals surface area contributed by atoms with Gasteiger partial charge in [-0.15, -0.1) is 0 Å². The predicted molar refractivity (Wildman–Crippen MR) is 245 cm³/mol. The number of hydrogen-bond acceptors (Lipinski definition) is 4. The molecule has 0 aliphatic rings. The molecule has 0 atom stereocenters. The van der Waals surface area contributed by atoms with Gasteiger partial charge in [0.05, 0.1) is 21.8 Å². The highest BCUT2D eigenvalue weighted by atomic mass is 32.2. The molecule has 4 nitrogen and oxygen atoms in total. The summed E-state index contributed by atoms with van der Waals surface area (Å²) in [7, 11) is -0.409. The Morgan fingerprint density at radius 1 is 0.259 bits per heavy atom. The number of ether oxygens (including phenoxy) is 4. The zero-order chi connectivity index (χ0) is 42.1. The third-order valence-corrected chi connectivity index (χ3v) is 12.3. The molecule has 0 saturated carbocycles. The Hall–Kier alpha value is -4.78. The maximum Gasteiger partial charge on any atom is 0.170 e. The van der Waals surface area contributed by atoms with Crippen LogP contribution in [0.15, 0.2) is 187 Å². The summed E-state index contributed by atoms with van der Waals surface area (Å²) in [5.74, 6) is 3.55. The second-order valence-corrected chi connectivity index (χ2v) is 22.0. The first-order chi connectivity index (χ1) is 27.2. The van der Waals surface area contributed by atoms with Crippen molar-refractivity contribution in [3.8, 4) is 23.0 Å². The first-order valence-electron chi connectivity index (χ1n) is 20.0. The zero-order valence-electron chi connectivity index (χ0n) is 36.5. The summed E-state index contributed by atoms with van der Waals surface area (Å²) >= 11 is 0. The van der Waals surface area contributed by atoms with Crippen molar-refractivity contribution in [2.24, 2.45) is 0 Å². The van der Waals surface area contributed by atoms with Gasteiger partial charge >= 0.3 is 0 Å². The fourth-order valence-electron chi connectivity index (χ4n) is 5.94. The molecule has 0 bridgehead atoms. The van der Waals surface area contributed by atoms with Crippen molar-refractivity contribution in [1.29, 1.82) is 0 Å². The van der Waals surface area contributed by atoms with Gasteiger partial charge in [-0.05, 0) is 192 Å². The summed E-state index contributed by atoms with van der Waals surface area (Å²) in [5.41, 5.74) is -0.879. The second-order valence-electron chi connectivity index (χ2n) is 18.0. The molecule has 0 N–H and O–H groups in total. The van der Waals surface area contributed by atoms with E-state index in [0.717, 1.165) is 23.0 Å². The lowest BCUT2D eigenvalue weighted by Crippen LogP contribution is -2.23. The van der Waals surface area contributed by atoms with Gasteiger partial charge in [0.25, 0.3) is 0 Å². The molecule has 304 valence electrons. The lowest BCUT2D eigenvalue weighted by molar-refractivity contribution is 0.130. The summed E-state index contributed by atoms with van der Waals surface area (Å²) in [6.45, 7) is 24.8. The van der Waals surface area contributed by atoms with E-state index in [4.69, 9.17) is 18.9 Å². The Bertz CT molecular complexity index is 1960. The maximum atomic E-state index is 6.07. The molecule has 6 heteroatoms. The van der Waals surface area contributed by atoms with Crippen LogP contribution in [-0.4, -0.2) is 22.4 Å². The Balaban J connectivity index is 0.000000234. The minimum absolute atomic E-state index is 0.133. The zero-order valence-corrected chi connectivity index (χ0v) is 38.1. The van der Waals surface area contributed by atoms with Crippen LogP contribution in [0.5, 0.6) is 23.0 Å². The monoisotopic (exact) mass is 814 g/mol. The van der Waals surface area contributed by atoms with Crippen molar-refractivity contribution >= 4 is 21.8 Å². The maximum absolute atomic E-state index is 6.07. The fraction of sp³-hybridized carbons (Fsp3) is 0.308. The van der Waals surface area contributed by atoms with E-state index in [9.17, 15) is 0 Å². The molecule has 0 aromatic heterocycles. The molecular formula is C52H62O4S2+2. The topological polar surface area (TPSA) is 36.9 Å². The van der Waals surface area contributed by atoms with E-state index in [1.165, 1.54) is 29.4 Å². The molecular weight excluding hydrogens is 753 g/mol. The van der Waals surface area contributed by atoms with Crippen molar-refractivity contribution in [3.63, 3.8) is 0 Å². The Morgan fingerprint density at radius 2 is 0.517 bits per heavy atom. The Kier molecular flexibility index (Phi) is 14.4. The van der Waals surface area contributed by atoms with Gasteiger partial charge in [-0.25, -0.2) is 0 Å². The normalized spacial score (nSPS) is 12.1. The molecule has 0 aliphatic carbocycles. The fourth-order valence-corrected chi connectivity index (χ4v) is 10.1. The molecule has 0 fully saturated rings. The summed E-state index contributed by atoms with van der Waals surface area (Å²) in [4.78, 5) is 7.60. The highest BCUT2D eigenvalue weighted by Gasteiger charge is 2.31. The first-order valence-corrected chi connectivity index (χ1v) is 22.4. The van der Waals surface area contributed by atoms with Gasteiger partial charge in [-0.3, -0.25) is 0 Å². The van der Waals surface area contributed by atoms with Crippen molar-refractivity contribution < 1.29 is 18.9 Å². The average Bonchev–Trinajstić information content (AvgIpc) is 3.13. The largest absolute Gasteiger partial charge is 0.488 e. The molecule has 6 aromatic carbocycles. The smallest absolute Gasteiger partial charge is 0.170 e. The van der Waals surface area contributed by atoms with Gasteiger partial charge < -0.3 is 18.9 Å². The molecule has 0 unspecified atom stereocenters. The molecule has 6 aromatic rings. The molecule has 0 aliphatic heterocycles. The highest BCUT2D eigenvalue weighted by Crippen LogP contribution is 2.36. The Labute approximate surface area is 354 Å². The van der Waals surface area contributed by atoms with Gasteiger partial charge in [-0.2, -0.15) is 0 Å². The molecule has 0 amide bonds. The third-order valence-electron chi connectivity index (χ3n) is 7.87. The molecule has 0 saturated heterocycles. The van der Waals surface area contributed by atoms with Crippen LogP contribution >= 0.6 is 0 Å². The van der Waals surface area contributed by atoms with Crippen LogP contribution in [-0.2, 0) is 21.8 Å². The van der Waals surface area contributed by atoms with Crippen LogP contribution in [0.3, 0.4) is 0 Å². The van der Waals surface area contributed by atoms with Gasteiger partial charge in [0.1, 0.15) is 45.4 Å². The molecule has 0 heterocycles. The quantitative estimate of drug-likeness (QED) is 0.129. The van der Waals surface area contributed by atoms with Crippen LogP contribution in [0.2, 0.25) is 0 Å². The van der Waals surface area contributed by atoms with E-state index < -0.39 is 0 Å². The van der Waals surface area contributed by atoms with E-state index in [0.29, 0.717) is 0 Å². The highest BCUT2D eigenvalue weighted by molar-refractivity contribution is 7.97. The minimum atomic E-state index is -0.276. The molecule has 58 heavy (non-hydrogen) atoms. The number of benzene rings is 6. The van der Waals surface area contributed by atoms with E-state index in [-0.39, 0.29) is 44.2 Å². The average molecular weight is 815 g/mol. The van der Waals surface area contributed by atoms with Gasteiger partial charge in [0.2, 0.25) is 0 Å². The summed E-state index contributed by atoms with van der Waals surface area (Å²) < 4.78 is 24.2. The van der Waals surface area contributed by atoms with Crippen molar-refractivity contribution in [3.05, 3.63) is 158 Å².